The molecule has 0 saturated carbocycles. The van der Waals surface area contributed by atoms with Crippen LogP contribution >= 0.6 is 0 Å². The minimum atomic E-state index is 0.567. The fourth-order valence-corrected chi connectivity index (χ4v) is 2.49. The van der Waals surface area contributed by atoms with E-state index in [4.69, 9.17) is 0 Å². The van der Waals surface area contributed by atoms with Crippen molar-refractivity contribution in [1.82, 2.24) is 19.9 Å². The lowest BCUT2D eigenvalue weighted by atomic mass is 10.2. The van der Waals surface area contributed by atoms with E-state index >= 15 is 0 Å². The van der Waals surface area contributed by atoms with Crippen molar-refractivity contribution in [2.24, 2.45) is 0 Å². The summed E-state index contributed by atoms with van der Waals surface area (Å²) in [4.78, 5) is 8.72. The van der Waals surface area contributed by atoms with Crippen LogP contribution in [0.1, 0.15) is 18.7 Å². The first-order valence-corrected chi connectivity index (χ1v) is 6.77. The summed E-state index contributed by atoms with van der Waals surface area (Å²) in [6.45, 7) is 4.05. The predicted octanol–water partition coefficient (Wildman–Crippen LogP) is 1.74. The number of anilines is 1. The summed E-state index contributed by atoms with van der Waals surface area (Å²) in [6.07, 6.45) is 8.07. The second kappa shape index (κ2) is 5.40. The average Bonchev–Trinajstić information content (AvgIpc) is 3.08. The maximum Gasteiger partial charge on any atom is 0.161 e. The number of pyridine rings is 1. The van der Waals surface area contributed by atoms with E-state index in [9.17, 15) is 0 Å². The molecular formula is C14H19N5. The molecule has 1 fully saturated rings. The molecule has 0 aliphatic carbocycles. The van der Waals surface area contributed by atoms with Gasteiger partial charge >= 0.3 is 0 Å². The molecule has 2 N–H and O–H groups in total. The summed E-state index contributed by atoms with van der Waals surface area (Å²) in [7, 11) is 0. The first-order valence-electron chi connectivity index (χ1n) is 6.77. The van der Waals surface area contributed by atoms with Gasteiger partial charge in [0.1, 0.15) is 5.82 Å². The summed E-state index contributed by atoms with van der Waals surface area (Å²) in [5.74, 6) is 1.86. The quantitative estimate of drug-likeness (QED) is 0.876. The van der Waals surface area contributed by atoms with Crippen LogP contribution in [0.3, 0.4) is 0 Å². The van der Waals surface area contributed by atoms with E-state index in [1.165, 1.54) is 12.8 Å². The van der Waals surface area contributed by atoms with Crippen LogP contribution in [-0.2, 0) is 0 Å². The number of aryl methyl sites for hydroxylation is 1. The highest BCUT2D eigenvalue weighted by Gasteiger charge is 2.14. The van der Waals surface area contributed by atoms with E-state index in [2.05, 4.69) is 26.7 Å². The van der Waals surface area contributed by atoms with Crippen molar-refractivity contribution in [3.05, 3.63) is 36.5 Å². The molecule has 5 heteroatoms. The van der Waals surface area contributed by atoms with Crippen molar-refractivity contribution in [1.29, 1.82) is 0 Å². The van der Waals surface area contributed by atoms with Crippen LogP contribution in [0.2, 0.25) is 0 Å². The second-order valence-electron chi connectivity index (χ2n) is 4.89. The summed E-state index contributed by atoms with van der Waals surface area (Å²) in [5, 5.41) is 6.99. The van der Waals surface area contributed by atoms with E-state index in [1.807, 2.05) is 30.0 Å². The Bertz CT molecular complexity index is 542. The van der Waals surface area contributed by atoms with Gasteiger partial charge in [-0.3, -0.25) is 4.57 Å². The highest BCUT2D eigenvalue weighted by molar-refractivity contribution is 5.57. The molecule has 1 unspecified atom stereocenters. The van der Waals surface area contributed by atoms with Crippen LogP contribution in [-0.4, -0.2) is 33.7 Å². The summed E-state index contributed by atoms with van der Waals surface area (Å²) >= 11 is 0. The van der Waals surface area contributed by atoms with Crippen molar-refractivity contribution < 1.29 is 0 Å². The molecule has 1 saturated heterocycles. The first kappa shape index (κ1) is 12.2. The molecule has 0 radical (unpaired) electrons. The van der Waals surface area contributed by atoms with Crippen molar-refractivity contribution in [2.75, 3.05) is 18.4 Å². The van der Waals surface area contributed by atoms with Crippen LogP contribution in [0.25, 0.3) is 5.82 Å². The van der Waals surface area contributed by atoms with Crippen molar-refractivity contribution in [3.63, 3.8) is 0 Å². The minimum absolute atomic E-state index is 0.567. The lowest BCUT2D eigenvalue weighted by molar-refractivity contribution is 0.633. The van der Waals surface area contributed by atoms with Gasteiger partial charge in [-0.05, 0) is 38.4 Å². The fourth-order valence-electron chi connectivity index (χ4n) is 2.49. The molecule has 5 nitrogen and oxygen atoms in total. The Morgan fingerprint density at radius 1 is 1.42 bits per heavy atom. The minimum Gasteiger partial charge on any atom is -0.380 e. The van der Waals surface area contributed by atoms with Gasteiger partial charge < -0.3 is 10.6 Å². The highest BCUT2D eigenvalue weighted by Crippen LogP contribution is 2.19. The number of nitrogens with one attached hydrogen (secondary N) is 2. The largest absolute Gasteiger partial charge is 0.380 e. The molecule has 0 spiro atoms. The molecule has 2 aromatic rings. The topological polar surface area (TPSA) is 54.8 Å². The van der Waals surface area contributed by atoms with Crippen molar-refractivity contribution in [3.8, 4) is 5.82 Å². The summed E-state index contributed by atoms with van der Waals surface area (Å²) in [5.41, 5.74) is 1.05. The zero-order chi connectivity index (χ0) is 13.1. The van der Waals surface area contributed by atoms with Crippen LogP contribution in [0.4, 0.5) is 5.69 Å². The predicted molar refractivity (Wildman–Crippen MR) is 75.6 cm³/mol. The van der Waals surface area contributed by atoms with Crippen molar-refractivity contribution in [2.45, 2.75) is 25.8 Å². The van der Waals surface area contributed by atoms with Crippen LogP contribution < -0.4 is 10.6 Å². The number of imidazole rings is 1. The van der Waals surface area contributed by atoms with Gasteiger partial charge in [-0.25, -0.2) is 9.97 Å². The number of hydrogen-bond donors (Lipinski definition) is 2. The third-order valence-corrected chi connectivity index (χ3v) is 3.54. The standard InChI is InChI=1S/C14H19N5/c1-11-15-8-9-19(11)14-13(5-3-7-17-14)18-10-12-4-2-6-16-12/h3,5,7-9,12,16,18H,2,4,6,10H2,1H3. The maximum absolute atomic E-state index is 4.47. The van der Waals surface area contributed by atoms with Gasteiger partial charge in [-0.2, -0.15) is 0 Å². The van der Waals surface area contributed by atoms with E-state index in [1.54, 1.807) is 6.20 Å². The Balaban J connectivity index is 1.79. The normalized spacial score (nSPS) is 18.7. The second-order valence-corrected chi connectivity index (χ2v) is 4.89. The number of hydrogen-bond acceptors (Lipinski definition) is 4. The molecule has 0 amide bonds. The van der Waals surface area contributed by atoms with E-state index < -0.39 is 0 Å². The zero-order valence-electron chi connectivity index (χ0n) is 11.1. The molecule has 1 atom stereocenters. The molecule has 1 aliphatic heterocycles. The Hall–Kier alpha value is -1.88. The Kier molecular flexibility index (Phi) is 3.46. The highest BCUT2D eigenvalue weighted by atomic mass is 15.1. The van der Waals surface area contributed by atoms with E-state index in [0.717, 1.165) is 30.4 Å². The molecule has 1 aliphatic rings. The lowest BCUT2D eigenvalue weighted by Crippen LogP contribution is -2.29. The van der Waals surface area contributed by atoms with E-state index in [-0.39, 0.29) is 0 Å². The lowest BCUT2D eigenvalue weighted by Gasteiger charge is -2.15. The van der Waals surface area contributed by atoms with Gasteiger partial charge in [-0.1, -0.05) is 0 Å². The third kappa shape index (κ3) is 2.61. The molecular weight excluding hydrogens is 238 g/mol. The van der Waals surface area contributed by atoms with E-state index in [0.29, 0.717) is 6.04 Å². The Morgan fingerprint density at radius 3 is 3.11 bits per heavy atom. The van der Waals surface area contributed by atoms with Crippen LogP contribution in [0.5, 0.6) is 0 Å². The third-order valence-electron chi connectivity index (χ3n) is 3.54. The molecule has 0 bridgehead atoms. The molecule has 100 valence electrons. The maximum atomic E-state index is 4.47. The summed E-state index contributed by atoms with van der Waals surface area (Å²) < 4.78 is 2.00. The molecule has 2 aromatic heterocycles. The van der Waals surface area contributed by atoms with Crippen LogP contribution in [0.15, 0.2) is 30.7 Å². The summed E-state index contributed by atoms with van der Waals surface area (Å²) in [6, 6.07) is 4.59. The number of aromatic nitrogens is 3. The SMILES string of the molecule is Cc1nccn1-c1ncccc1NCC1CCCN1. The molecule has 0 aromatic carbocycles. The average molecular weight is 257 g/mol. The number of nitrogens with zero attached hydrogens (tertiary/aromatic N) is 3. The zero-order valence-corrected chi connectivity index (χ0v) is 11.1. The van der Waals surface area contributed by atoms with Gasteiger partial charge in [0.05, 0.1) is 5.69 Å². The van der Waals surface area contributed by atoms with Gasteiger partial charge in [0.2, 0.25) is 0 Å². The van der Waals surface area contributed by atoms with Gasteiger partial charge in [0.25, 0.3) is 0 Å². The van der Waals surface area contributed by atoms with Gasteiger partial charge in [0.15, 0.2) is 5.82 Å². The Morgan fingerprint density at radius 2 is 2.37 bits per heavy atom. The molecule has 3 rings (SSSR count). The fraction of sp³-hybridized carbons (Fsp3) is 0.429. The molecule has 19 heavy (non-hydrogen) atoms. The van der Waals surface area contributed by atoms with Gasteiger partial charge in [-0.15, -0.1) is 0 Å². The monoisotopic (exact) mass is 257 g/mol. The van der Waals surface area contributed by atoms with Gasteiger partial charge in [0, 0.05) is 31.2 Å². The Labute approximate surface area is 113 Å². The van der Waals surface area contributed by atoms with Crippen molar-refractivity contribution >= 4 is 5.69 Å². The first-order chi connectivity index (χ1) is 9.34. The molecule has 3 heterocycles. The smallest absolute Gasteiger partial charge is 0.161 e. The van der Waals surface area contributed by atoms with Crippen LogP contribution in [0, 0.1) is 6.92 Å². The number of rotatable bonds is 4.